The molecule has 2 nitrogen and oxygen atoms in total. The lowest BCUT2D eigenvalue weighted by atomic mass is 10.7. The van der Waals surface area contributed by atoms with Gasteiger partial charge >= 0.3 is 0 Å². The first-order chi connectivity index (χ1) is 3.79. The van der Waals surface area contributed by atoms with Gasteiger partial charge in [0.15, 0.2) is 0 Å². The summed E-state index contributed by atoms with van der Waals surface area (Å²) in [6, 6.07) is -0.574. The number of rotatable bonds is 0. The first kappa shape index (κ1) is 5.15. The van der Waals surface area contributed by atoms with E-state index in [2.05, 4.69) is 4.74 Å². The van der Waals surface area contributed by atoms with E-state index in [-0.39, 0.29) is 0 Å². The predicted molar refractivity (Wildman–Crippen MR) is 27.2 cm³/mol. The van der Waals surface area contributed by atoms with Crippen LogP contribution in [0.5, 0.6) is 0 Å². The van der Waals surface area contributed by atoms with Crippen molar-refractivity contribution < 1.29 is 9.13 Å². The smallest absolute Gasteiger partial charge is 0.294 e. The lowest BCUT2D eigenvalue weighted by Crippen LogP contribution is -2.05. The second-order valence-electron chi connectivity index (χ2n) is 1.50. The zero-order valence-electron chi connectivity index (χ0n) is 4.47. The minimum Gasteiger partial charge on any atom is -0.437 e. The molecule has 0 spiro atoms. The van der Waals surface area contributed by atoms with Gasteiger partial charge in [0.2, 0.25) is 0 Å². The highest BCUT2D eigenvalue weighted by Crippen LogP contribution is 2.06. The van der Waals surface area contributed by atoms with Crippen LogP contribution >= 0.6 is 0 Å². The SMILES string of the molecule is CN1C=COC(F)=C1. The van der Waals surface area contributed by atoms with Crippen molar-refractivity contribution in [3.8, 4) is 0 Å². The third kappa shape index (κ3) is 0.992. The van der Waals surface area contributed by atoms with Gasteiger partial charge in [-0.25, -0.2) is 0 Å². The molecule has 0 N–H and O–H groups in total. The zero-order chi connectivity index (χ0) is 5.98. The lowest BCUT2D eigenvalue weighted by molar-refractivity contribution is 0.220. The lowest BCUT2D eigenvalue weighted by Gasteiger charge is -2.10. The Bertz CT molecular complexity index is 141. The van der Waals surface area contributed by atoms with Crippen LogP contribution in [0.4, 0.5) is 4.39 Å². The van der Waals surface area contributed by atoms with Gasteiger partial charge in [0, 0.05) is 13.2 Å². The van der Waals surface area contributed by atoms with Crippen LogP contribution in [-0.2, 0) is 4.74 Å². The third-order valence-electron chi connectivity index (χ3n) is 0.782. The molecule has 8 heavy (non-hydrogen) atoms. The number of halogens is 1. The summed E-state index contributed by atoms with van der Waals surface area (Å²) in [7, 11) is 1.72. The Kier molecular flexibility index (Phi) is 1.20. The maximum atomic E-state index is 12.0. The van der Waals surface area contributed by atoms with Gasteiger partial charge in [0.1, 0.15) is 6.26 Å². The van der Waals surface area contributed by atoms with E-state index < -0.39 is 6.01 Å². The summed E-state index contributed by atoms with van der Waals surface area (Å²) in [5.41, 5.74) is 0. The summed E-state index contributed by atoms with van der Waals surface area (Å²) in [4.78, 5) is 1.57. The zero-order valence-corrected chi connectivity index (χ0v) is 4.47. The summed E-state index contributed by atoms with van der Waals surface area (Å²) < 4.78 is 16.3. The van der Waals surface area contributed by atoms with Gasteiger partial charge in [-0.1, -0.05) is 0 Å². The highest BCUT2D eigenvalue weighted by molar-refractivity contribution is 4.94. The largest absolute Gasteiger partial charge is 0.437 e. The van der Waals surface area contributed by atoms with Gasteiger partial charge in [-0.15, -0.1) is 0 Å². The van der Waals surface area contributed by atoms with Crippen molar-refractivity contribution >= 4 is 0 Å². The van der Waals surface area contributed by atoms with E-state index in [1.807, 2.05) is 0 Å². The Labute approximate surface area is 46.9 Å². The molecule has 0 aliphatic carbocycles. The van der Waals surface area contributed by atoms with Crippen LogP contribution in [-0.4, -0.2) is 11.9 Å². The average Bonchev–Trinajstić information content (AvgIpc) is 1.64. The highest BCUT2D eigenvalue weighted by Gasteiger charge is 1.98. The van der Waals surface area contributed by atoms with Gasteiger partial charge in [-0.05, 0) is 0 Å². The van der Waals surface area contributed by atoms with Crippen LogP contribution in [0.3, 0.4) is 0 Å². The summed E-state index contributed by atoms with van der Waals surface area (Å²) in [5.74, 6) is 0. The Balaban J connectivity index is 2.60. The fourth-order valence-electron chi connectivity index (χ4n) is 0.425. The van der Waals surface area contributed by atoms with E-state index in [4.69, 9.17) is 0 Å². The fourth-order valence-corrected chi connectivity index (χ4v) is 0.425. The van der Waals surface area contributed by atoms with E-state index in [1.54, 1.807) is 18.1 Å². The molecule has 1 rings (SSSR count). The maximum absolute atomic E-state index is 12.0. The summed E-state index contributed by atoms with van der Waals surface area (Å²) in [6.07, 6.45) is 4.15. The Morgan fingerprint density at radius 2 is 2.50 bits per heavy atom. The molecule has 0 bridgehead atoms. The van der Waals surface area contributed by atoms with Gasteiger partial charge in [-0.3, -0.25) is 0 Å². The molecule has 0 unspecified atom stereocenters. The first-order valence-electron chi connectivity index (χ1n) is 2.21. The van der Waals surface area contributed by atoms with E-state index in [1.165, 1.54) is 12.5 Å². The average molecular weight is 115 g/mol. The van der Waals surface area contributed by atoms with Crippen molar-refractivity contribution in [1.29, 1.82) is 0 Å². The van der Waals surface area contributed by atoms with Crippen molar-refractivity contribution in [1.82, 2.24) is 4.90 Å². The topological polar surface area (TPSA) is 12.5 Å². The molecule has 1 aliphatic heterocycles. The van der Waals surface area contributed by atoms with Crippen molar-refractivity contribution in [2.75, 3.05) is 7.05 Å². The molecule has 0 fully saturated rings. The summed E-state index contributed by atoms with van der Waals surface area (Å²) in [6.45, 7) is 0. The number of hydrogen-bond donors (Lipinski definition) is 0. The molecule has 0 saturated heterocycles. The quantitative estimate of drug-likeness (QED) is 0.470. The van der Waals surface area contributed by atoms with Crippen molar-refractivity contribution in [2.24, 2.45) is 0 Å². The van der Waals surface area contributed by atoms with Crippen molar-refractivity contribution in [3.63, 3.8) is 0 Å². The van der Waals surface area contributed by atoms with Crippen LogP contribution in [0.2, 0.25) is 0 Å². The molecule has 1 aliphatic rings. The van der Waals surface area contributed by atoms with Gasteiger partial charge in [0.25, 0.3) is 6.01 Å². The molecule has 0 amide bonds. The Hall–Kier alpha value is -0.990. The molecule has 0 aromatic rings. The van der Waals surface area contributed by atoms with Crippen molar-refractivity contribution in [2.45, 2.75) is 0 Å². The van der Waals surface area contributed by atoms with E-state index in [9.17, 15) is 4.39 Å². The number of nitrogens with zero attached hydrogens (tertiary/aromatic N) is 1. The molecule has 0 saturated carbocycles. The molecule has 44 valence electrons. The third-order valence-corrected chi connectivity index (χ3v) is 0.782. The van der Waals surface area contributed by atoms with Gasteiger partial charge < -0.3 is 9.64 Å². The molecular formula is C5H6FNO. The van der Waals surface area contributed by atoms with Crippen LogP contribution < -0.4 is 0 Å². The van der Waals surface area contributed by atoms with Crippen LogP contribution in [0.15, 0.2) is 24.7 Å². The summed E-state index contributed by atoms with van der Waals surface area (Å²) >= 11 is 0. The summed E-state index contributed by atoms with van der Waals surface area (Å²) in [5, 5.41) is 0. The van der Waals surface area contributed by atoms with E-state index >= 15 is 0 Å². The normalized spacial score (nSPS) is 17.8. The number of ether oxygens (including phenoxy) is 1. The van der Waals surface area contributed by atoms with Gasteiger partial charge in [-0.2, -0.15) is 4.39 Å². The fraction of sp³-hybridized carbons (Fsp3) is 0.200. The molecule has 0 aromatic heterocycles. The van der Waals surface area contributed by atoms with Gasteiger partial charge in [0.05, 0.1) is 6.20 Å². The highest BCUT2D eigenvalue weighted by atomic mass is 19.1. The Morgan fingerprint density at radius 1 is 1.75 bits per heavy atom. The van der Waals surface area contributed by atoms with Crippen LogP contribution in [0.25, 0.3) is 0 Å². The van der Waals surface area contributed by atoms with E-state index in [0.29, 0.717) is 0 Å². The van der Waals surface area contributed by atoms with Crippen LogP contribution in [0, 0.1) is 0 Å². The predicted octanol–water partition coefficient (Wildman–Crippen LogP) is 1.19. The number of hydrogen-bond acceptors (Lipinski definition) is 2. The molecule has 0 atom stereocenters. The van der Waals surface area contributed by atoms with Crippen molar-refractivity contribution in [3.05, 3.63) is 24.7 Å². The molecule has 3 heteroatoms. The molecule has 0 radical (unpaired) electrons. The second kappa shape index (κ2) is 1.86. The Morgan fingerprint density at radius 3 is 2.88 bits per heavy atom. The van der Waals surface area contributed by atoms with Crippen LogP contribution in [0.1, 0.15) is 0 Å². The second-order valence-corrected chi connectivity index (χ2v) is 1.50. The minimum atomic E-state index is -0.574. The first-order valence-corrected chi connectivity index (χ1v) is 2.21. The standard InChI is InChI=1S/C5H6FNO/c1-7-2-3-8-5(6)4-7/h2-4H,1H3. The molecule has 1 heterocycles. The molecular weight excluding hydrogens is 109 g/mol. The molecule has 0 aromatic carbocycles. The minimum absolute atomic E-state index is 0.574. The maximum Gasteiger partial charge on any atom is 0.294 e. The van der Waals surface area contributed by atoms with E-state index in [0.717, 1.165) is 0 Å². The monoisotopic (exact) mass is 115 g/mol.